The zero-order valence-corrected chi connectivity index (χ0v) is 14.8. The maximum atomic E-state index is 13.2. The van der Waals surface area contributed by atoms with Crippen LogP contribution in [0.15, 0.2) is 60.7 Å². The Hall–Kier alpha value is -3.09. The number of benzene rings is 2. The van der Waals surface area contributed by atoms with Gasteiger partial charge in [-0.05, 0) is 60.7 Å². The highest BCUT2D eigenvalue weighted by Crippen LogP contribution is 2.41. The topological polar surface area (TPSA) is 48.1 Å². The van der Waals surface area contributed by atoms with E-state index in [0.29, 0.717) is 12.0 Å². The number of hydrogen-bond donors (Lipinski definition) is 0. The number of nitro benzene ring substituents is 1. The summed E-state index contributed by atoms with van der Waals surface area (Å²) in [6.07, 6.45) is -3.85. The van der Waals surface area contributed by atoms with Crippen LogP contribution in [-0.4, -0.2) is 15.7 Å². The molecule has 2 aromatic carbocycles. The summed E-state index contributed by atoms with van der Waals surface area (Å²) in [7, 11) is 0. The van der Waals surface area contributed by atoms with E-state index < -0.39 is 17.0 Å². The lowest BCUT2D eigenvalue weighted by atomic mass is 9.87. The van der Waals surface area contributed by atoms with Gasteiger partial charge in [-0.2, -0.15) is 13.2 Å². The molecule has 0 amide bonds. The van der Waals surface area contributed by atoms with Gasteiger partial charge in [0.2, 0.25) is 0 Å². The molecular formula is C21H17F3N2O2. The van der Waals surface area contributed by atoms with Crippen LogP contribution in [0.2, 0.25) is 0 Å². The quantitative estimate of drug-likeness (QED) is 0.427. The molecule has 0 aliphatic heterocycles. The van der Waals surface area contributed by atoms with Gasteiger partial charge in [0.05, 0.1) is 16.5 Å². The Balaban J connectivity index is 1.84. The molecule has 3 aromatic rings. The van der Waals surface area contributed by atoms with Gasteiger partial charge >= 0.3 is 6.18 Å². The minimum atomic E-state index is -4.21. The molecule has 1 aliphatic rings. The summed E-state index contributed by atoms with van der Waals surface area (Å²) in [6, 6.07) is 17.3. The van der Waals surface area contributed by atoms with Gasteiger partial charge in [-0.25, -0.2) is 0 Å². The number of fused-ring (bicyclic) bond motifs is 1. The van der Waals surface area contributed by atoms with Crippen molar-refractivity contribution in [3.63, 3.8) is 0 Å². The summed E-state index contributed by atoms with van der Waals surface area (Å²) in [5.41, 5.74) is 3.87. The van der Waals surface area contributed by atoms with Gasteiger partial charge in [0.25, 0.3) is 5.69 Å². The Labute approximate surface area is 159 Å². The van der Waals surface area contributed by atoms with Crippen molar-refractivity contribution in [3.05, 3.63) is 82.0 Å². The lowest BCUT2D eigenvalue weighted by molar-refractivity contribution is -0.384. The van der Waals surface area contributed by atoms with Gasteiger partial charge in [0.15, 0.2) is 0 Å². The molecule has 0 spiro atoms. The van der Waals surface area contributed by atoms with E-state index in [1.165, 1.54) is 12.1 Å². The van der Waals surface area contributed by atoms with E-state index >= 15 is 0 Å². The number of hydrogen-bond acceptors (Lipinski definition) is 2. The van der Waals surface area contributed by atoms with Crippen molar-refractivity contribution in [2.45, 2.75) is 25.4 Å². The molecule has 0 saturated heterocycles. The second-order valence-corrected chi connectivity index (χ2v) is 6.96. The molecule has 0 radical (unpaired) electrons. The second kappa shape index (κ2) is 6.82. The molecule has 1 aromatic heterocycles. The number of nitrogens with zero attached hydrogens (tertiary/aromatic N) is 2. The minimum absolute atomic E-state index is 0.0246. The first-order chi connectivity index (χ1) is 13.3. The summed E-state index contributed by atoms with van der Waals surface area (Å²) in [5, 5.41) is 10.9. The number of alkyl halides is 3. The number of halogens is 3. The summed E-state index contributed by atoms with van der Waals surface area (Å²) in [6.45, 7) is 0. The molecule has 4 nitrogen and oxygen atoms in total. The lowest BCUT2D eigenvalue weighted by Crippen LogP contribution is -2.29. The van der Waals surface area contributed by atoms with Crippen molar-refractivity contribution in [2.75, 3.05) is 0 Å². The van der Waals surface area contributed by atoms with E-state index in [1.807, 2.05) is 34.9 Å². The van der Waals surface area contributed by atoms with E-state index in [0.717, 1.165) is 22.6 Å². The fraction of sp³-hybridized carbons (Fsp3) is 0.238. The summed E-state index contributed by atoms with van der Waals surface area (Å²) in [5.74, 6) is -1.34. The van der Waals surface area contributed by atoms with Crippen molar-refractivity contribution in [2.24, 2.45) is 5.92 Å². The molecule has 28 heavy (non-hydrogen) atoms. The van der Waals surface area contributed by atoms with Crippen LogP contribution in [0.5, 0.6) is 0 Å². The van der Waals surface area contributed by atoms with Crippen LogP contribution in [0.25, 0.3) is 16.9 Å². The number of nitro groups is 1. The molecule has 4 rings (SSSR count). The number of aromatic nitrogens is 1. The zero-order chi connectivity index (χ0) is 19.9. The summed E-state index contributed by atoms with van der Waals surface area (Å²) in [4.78, 5) is 10.4. The van der Waals surface area contributed by atoms with E-state index in [-0.39, 0.29) is 18.5 Å². The Morgan fingerprint density at radius 2 is 1.71 bits per heavy atom. The molecule has 1 heterocycles. The molecule has 0 saturated carbocycles. The molecular weight excluding hydrogens is 369 g/mol. The van der Waals surface area contributed by atoms with Gasteiger partial charge in [-0.15, -0.1) is 0 Å². The highest BCUT2D eigenvalue weighted by Gasteiger charge is 2.42. The third-order valence-electron chi connectivity index (χ3n) is 5.24. The molecule has 1 unspecified atom stereocenters. The normalized spacial score (nSPS) is 16.6. The van der Waals surface area contributed by atoms with Crippen LogP contribution < -0.4 is 0 Å². The minimum Gasteiger partial charge on any atom is -0.313 e. The predicted molar refractivity (Wildman–Crippen MR) is 99.4 cm³/mol. The van der Waals surface area contributed by atoms with E-state index in [4.69, 9.17) is 0 Å². The maximum Gasteiger partial charge on any atom is 0.392 e. The first-order valence-corrected chi connectivity index (χ1v) is 8.95. The number of non-ortho nitro benzene ring substituents is 1. The van der Waals surface area contributed by atoms with Crippen LogP contribution in [0.1, 0.15) is 17.7 Å². The van der Waals surface area contributed by atoms with Crippen molar-refractivity contribution in [1.82, 2.24) is 4.57 Å². The molecule has 1 atom stereocenters. The monoisotopic (exact) mass is 386 g/mol. The number of para-hydroxylation sites is 1. The third kappa shape index (κ3) is 3.28. The third-order valence-corrected chi connectivity index (χ3v) is 5.24. The van der Waals surface area contributed by atoms with Crippen LogP contribution >= 0.6 is 0 Å². The van der Waals surface area contributed by atoms with E-state index in [9.17, 15) is 23.3 Å². The van der Waals surface area contributed by atoms with Gasteiger partial charge < -0.3 is 4.57 Å². The van der Waals surface area contributed by atoms with Gasteiger partial charge in [0, 0.05) is 23.5 Å². The Kier molecular flexibility index (Phi) is 4.45. The first-order valence-electron chi connectivity index (χ1n) is 8.95. The van der Waals surface area contributed by atoms with E-state index in [2.05, 4.69) is 0 Å². The predicted octanol–water partition coefficient (Wildman–Crippen LogP) is 5.72. The zero-order valence-electron chi connectivity index (χ0n) is 14.8. The average molecular weight is 386 g/mol. The fourth-order valence-corrected chi connectivity index (χ4v) is 3.85. The fourth-order valence-electron chi connectivity index (χ4n) is 3.85. The Morgan fingerprint density at radius 1 is 1.04 bits per heavy atom. The summed E-state index contributed by atoms with van der Waals surface area (Å²) >= 11 is 0. The van der Waals surface area contributed by atoms with Crippen molar-refractivity contribution >= 4 is 5.69 Å². The molecule has 144 valence electrons. The molecule has 7 heteroatoms. The average Bonchev–Trinajstić information content (AvgIpc) is 3.06. The molecule has 0 fully saturated rings. The molecule has 0 N–H and O–H groups in total. The lowest BCUT2D eigenvalue weighted by Gasteiger charge is -2.26. The smallest absolute Gasteiger partial charge is 0.313 e. The van der Waals surface area contributed by atoms with Crippen molar-refractivity contribution in [1.29, 1.82) is 0 Å². The first kappa shape index (κ1) is 18.3. The van der Waals surface area contributed by atoms with Crippen LogP contribution in [0, 0.1) is 16.0 Å². The maximum absolute atomic E-state index is 13.2. The van der Waals surface area contributed by atoms with E-state index in [1.54, 1.807) is 18.2 Å². The largest absolute Gasteiger partial charge is 0.392 e. The molecule has 0 bridgehead atoms. The summed E-state index contributed by atoms with van der Waals surface area (Å²) < 4.78 is 41.7. The second-order valence-electron chi connectivity index (χ2n) is 6.96. The van der Waals surface area contributed by atoms with Crippen LogP contribution in [0.4, 0.5) is 18.9 Å². The number of rotatable bonds is 3. The van der Waals surface area contributed by atoms with Gasteiger partial charge in [-0.1, -0.05) is 18.2 Å². The highest BCUT2D eigenvalue weighted by molar-refractivity contribution is 5.67. The Morgan fingerprint density at radius 3 is 2.32 bits per heavy atom. The Bertz CT molecular complexity index is 1010. The van der Waals surface area contributed by atoms with Crippen LogP contribution in [-0.2, 0) is 12.8 Å². The SMILES string of the molecule is O=[N+]([O-])c1ccc(-c2cc3c(n2-c2ccccc2)CCC(C(F)(F)F)C3)cc1. The van der Waals surface area contributed by atoms with Gasteiger partial charge in [0.1, 0.15) is 0 Å². The highest BCUT2D eigenvalue weighted by atomic mass is 19.4. The van der Waals surface area contributed by atoms with Crippen molar-refractivity contribution < 1.29 is 18.1 Å². The van der Waals surface area contributed by atoms with Crippen molar-refractivity contribution in [3.8, 4) is 16.9 Å². The van der Waals surface area contributed by atoms with Gasteiger partial charge in [-0.3, -0.25) is 10.1 Å². The van der Waals surface area contributed by atoms with Crippen LogP contribution in [0.3, 0.4) is 0 Å². The molecule has 1 aliphatic carbocycles. The standard InChI is InChI=1S/C21H17F3N2O2/c22-21(23,24)16-8-11-19-15(12-16)13-20(25(19)17-4-2-1-3-5-17)14-6-9-18(10-7-14)26(27)28/h1-7,9-10,13,16H,8,11-12H2.